The highest BCUT2D eigenvalue weighted by molar-refractivity contribution is 5.80. The maximum atomic E-state index is 11.0. The summed E-state index contributed by atoms with van der Waals surface area (Å²) in [5.74, 6) is 1.43. The summed E-state index contributed by atoms with van der Waals surface area (Å²) < 4.78 is 10.9. The minimum Gasteiger partial charge on any atom is -0.497 e. The van der Waals surface area contributed by atoms with E-state index >= 15 is 0 Å². The molecular formula is C16H16O3. The van der Waals surface area contributed by atoms with Crippen molar-refractivity contribution in [2.24, 2.45) is 0 Å². The lowest BCUT2D eigenvalue weighted by Gasteiger charge is -2.11. The van der Waals surface area contributed by atoms with Crippen LogP contribution in [0.1, 0.15) is 21.5 Å². The van der Waals surface area contributed by atoms with Gasteiger partial charge in [0.25, 0.3) is 0 Å². The van der Waals surface area contributed by atoms with Crippen molar-refractivity contribution in [1.82, 2.24) is 0 Å². The van der Waals surface area contributed by atoms with E-state index in [1.807, 2.05) is 43.3 Å². The smallest absolute Gasteiger partial charge is 0.153 e. The van der Waals surface area contributed by atoms with Crippen LogP contribution in [0.2, 0.25) is 0 Å². The minimum absolute atomic E-state index is 0.406. The van der Waals surface area contributed by atoms with Crippen molar-refractivity contribution in [1.29, 1.82) is 0 Å². The molecule has 0 amide bonds. The van der Waals surface area contributed by atoms with E-state index in [0.717, 1.165) is 23.2 Å². The first-order valence-corrected chi connectivity index (χ1v) is 6.05. The summed E-state index contributed by atoms with van der Waals surface area (Å²) in [6, 6.07) is 13.2. The molecule has 0 fully saturated rings. The Balaban J connectivity index is 2.16. The number of aldehydes is 1. The number of para-hydroxylation sites is 1. The van der Waals surface area contributed by atoms with Crippen molar-refractivity contribution >= 4 is 6.29 Å². The lowest BCUT2D eigenvalue weighted by Crippen LogP contribution is -2.00. The lowest BCUT2D eigenvalue weighted by atomic mass is 10.1. The number of aryl methyl sites for hydroxylation is 1. The van der Waals surface area contributed by atoms with Crippen LogP contribution in [0.5, 0.6) is 11.5 Å². The molecule has 98 valence electrons. The molecule has 19 heavy (non-hydrogen) atoms. The molecular weight excluding hydrogens is 240 g/mol. The van der Waals surface area contributed by atoms with E-state index in [-0.39, 0.29) is 0 Å². The van der Waals surface area contributed by atoms with Gasteiger partial charge in [0.05, 0.1) is 12.7 Å². The van der Waals surface area contributed by atoms with Crippen LogP contribution in [0.25, 0.3) is 0 Å². The number of rotatable bonds is 5. The van der Waals surface area contributed by atoms with Gasteiger partial charge in [-0.15, -0.1) is 0 Å². The second-order valence-electron chi connectivity index (χ2n) is 4.25. The average Bonchev–Trinajstić information content (AvgIpc) is 2.46. The molecule has 0 aliphatic carbocycles. The molecule has 0 unspecified atom stereocenters. The molecule has 2 aromatic rings. The van der Waals surface area contributed by atoms with Crippen molar-refractivity contribution in [2.75, 3.05) is 7.11 Å². The van der Waals surface area contributed by atoms with Crippen LogP contribution in [-0.2, 0) is 6.61 Å². The number of benzene rings is 2. The van der Waals surface area contributed by atoms with E-state index in [1.54, 1.807) is 13.2 Å². The summed E-state index contributed by atoms with van der Waals surface area (Å²) in [5, 5.41) is 0. The van der Waals surface area contributed by atoms with E-state index < -0.39 is 0 Å². The predicted octanol–water partition coefficient (Wildman–Crippen LogP) is 3.40. The van der Waals surface area contributed by atoms with E-state index in [1.165, 1.54) is 0 Å². The molecule has 0 saturated heterocycles. The highest BCUT2D eigenvalue weighted by Crippen LogP contribution is 2.23. The summed E-state index contributed by atoms with van der Waals surface area (Å²) in [7, 11) is 1.63. The summed E-state index contributed by atoms with van der Waals surface area (Å²) in [5.41, 5.74) is 2.52. The summed E-state index contributed by atoms with van der Waals surface area (Å²) in [6.07, 6.45) is 0.813. The maximum absolute atomic E-state index is 11.0. The standard InChI is InChI=1S/C16H16O3/c1-12-5-3-7-14(10-17)16(12)19-11-13-6-4-8-15(9-13)18-2/h3-10H,11H2,1-2H3. The summed E-state index contributed by atoms with van der Waals surface area (Å²) in [6.45, 7) is 2.33. The number of carbonyl (C=O) groups excluding carboxylic acids is 1. The highest BCUT2D eigenvalue weighted by Gasteiger charge is 2.06. The molecule has 0 heterocycles. The van der Waals surface area contributed by atoms with Gasteiger partial charge in [-0.25, -0.2) is 0 Å². The van der Waals surface area contributed by atoms with Gasteiger partial charge in [-0.05, 0) is 36.2 Å². The number of carbonyl (C=O) groups is 1. The molecule has 3 nitrogen and oxygen atoms in total. The van der Waals surface area contributed by atoms with Crippen molar-refractivity contribution in [3.05, 3.63) is 59.2 Å². The molecule has 2 rings (SSSR count). The van der Waals surface area contributed by atoms with Crippen LogP contribution in [0.4, 0.5) is 0 Å². The Hall–Kier alpha value is -2.29. The van der Waals surface area contributed by atoms with Crippen LogP contribution >= 0.6 is 0 Å². The predicted molar refractivity (Wildman–Crippen MR) is 73.9 cm³/mol. The Bertz CT molecular complexity index is 576. The molecule has 2 aromatic carbocycles. The largest absolute Gasteiger partial charge is 0.497 e. The monoisotopic (exact) mass is 256 g/mol. The third-order valence-corrected chi connectivity index (χ3v) is 2.89. The number of hydrogen-bond donors (Lipinski definition) is 0. The van der Waals surface area contributed by atoms with Crippen molar-refractivity contribution in [3.8, 4) is 11.5 Å². The van der Waals surface area contributed by atoms with Crippen LogP contribution in [0, 0.1) is 6.92 Å². The lowest BCUT2D eigenvalue weighted by molar-refractivity contribution is 0.111. The first kappa shape index (κ1) is 13.1. The first-order valence-electron chi connectivity index (χ1n) is 6.05. The maximum Gasteiger partial charge on any atom is 0.153 e. The zero-order chi connectivity index (χ0) is 13.7. The number of hydrogen-bond acceptors (Lipinski definition) is 3. The fraction of sp³-hybridized carbons (Fsp3) is 0.188. The quantitative estimate of drug-likeness (QED) is 0.769. The van der Waals surface area contributed by atoms with Gasteiger partial charge in [-0.1, -0.05) is 24.3 Å². The normalized spacial score (nSPS) is 10.0. The van der Waals surface area contributed by atoms with Gasteiger partial charge in [-0.2, -0.15) is 0 Å². The molecule has 0 aliphatic heterocycles. The highest BCUT2D eigenvalue weighted by atomic mass is 16.5. The molecule has 3 heteroatoms. The molecule has 0 radical (unpaired) electrons. The van der Waals surface area contributed by atoms with E-state index in [0.29, 0.717) is 17.9 Å². The third-order valence-electron chi connectivity index (χ3n) is 2.89. The zero-order valence-electron chi connectivity index (χ0n) is 11.1. The second-order valence-corrected chi connectivity index (χ2v) is 4.25. The van der Waals surface area contributed by atoms with E-state index in [4.69, 9.17) is 9.47 Å². The molecule has 0 bridgehead atoms. The number of ether oxygens (including phenoxy) is 2. The summed E-state index contributed by atoms with van der Waals surface area (Å²) in [4.78, 5) is 11.0. The Labute approximate surface area is 112 Å². The van der Waals surface area contributed by atoms with Crippen molar-refractivity contribution < 1.29 is 14.3 Å². The Morgan fingerprint density at radius 1 is 1.16 bits per heavy atom. The van der Waals surface area contributed by atoms with E-state index in [2.05, 4.69) is 0 Å². The van der Waals surface area contributed by atoms with Crippen molar-refractivity contribution in [2.45, 2.75) is 13.5 Å². The van der Waals surface area contributed by atoms with Gasteiger partial charge in [0.15, 0.2) is 6.29 Å². The summed E-state index contributed by atoms with van der Waals surface area (Å²) >= 11 is 0. The Morgan fingerprint density at radius 3 is 2.68 bits per heavy atom. The Kier molecular flexibility index (Phi) is 4.18. The van der Waals surface area contributed by atoms with Crippen LogP contribution in [-0.4, -0.2) is 13.4 Å². The van der Waals surface area contributed by atoms with Crippen LogP contribution in [0.15, 0.2) is 42.5 Å². The van der Waals surface area contributed by atoms with Gasteiger partial charge >= 0.3 is 0 Å². The zero-order valence-corrected chi connectivity index (χ0v) is 11.1. The third kappa shape index (κ3) is 3.13. The van der Waals surface area contributed by atoms with Gasteiger partial charge in [0, 0.05) is 0 Å². The van der Waals surface area contributed by atoms with Crippen LogP contribution < -0.4 is 9.47 Å². The second kappa shape index (κ2) is 6.05. The molecule has 0 aromatic heterocycles. The molecule has 0 saturated carbocycles. The Morgan fingerprint density at radius 2 is 1.95 bits per heavy atom. The fourth-order valence-corrected chi connectivity index (χ4v) is 1.88. The minimum atomic E-state index is 0.406. The molecule has 0 N–H and O–H groups in total. The molecule has 0 atom stereocenters. The average molecular weight is 256 g/mol. The first-order chi connectivity index (χ1) is 9.24. The number of methoxy groups -OCH3 is 1. The van der Waals surface area contributed by atoms with E-state index in [9.17, 15) is 4.79 Å². The van der Waals surface area contributed by atoms with Gasteiger partial charge in [0.1, 0.15) is 18.1 Å². The fourth-order valence-electron chi connectivity index (χ4n) is 1.88. The van der Waals surface area contributed by atoms with Crippen molar-refractivity contribution in [3.63, 3.8) is 0 Å². The van der Waals surface area contributed by atoms with Gasteiger partial charge < -0.3 is 9.47 Å². The van der Waals surface area contributed by atoms with Gasteiger partial charge in [-0.3, -0.25) is 4.79 Å². The topological polar surface area (TPSA) is 35.5 Å². The van der Waals surface area contributed by atoms with Crippen LogP contribution in [0.3, 0.4) is 0 Å². The SMILES string of the molecule is COc1cccc(COc2c(C)cccc2C=O)c1. The van der Waals surface area contributed by atoms with Gasteiger partial charge in [0.2, 0.25) is 0 Å². The molecule has 0 aliphatic rings. The molecule has 0 spiro atoms.